The van der Waals surface area contributed by atoms with Gasteiger partial charge in [0.25, 0.3) is 0 Å². The lowest BCUT2D eigenvalue weighted by Gasteiger charge is -2.10. The lowest BCUT2D eigenvalue weighted by atomic mass is 10.1. The third-order valence-electron chi connectivity index (χ3n) is 3.02. The van der Waals surface area contributed by atoms with Crippen LogP contribution in [0.5, 0.6) is 0 Å². The minimum absolute atomic E-state index is 0.584. The minimum atomic E-state index is 0.584. The minimum Gasteiger partial charge on any atom is -0.398 e. The van der Waals surface area contributed by atoms with Gasteiger partial charge >= 0.3 is 0 Å². The Bertz CT molecular complexity index is 707. The first-order valence-electron chi connectivity index (χ1n) is 6.02. The molecule has 96 valence electrons. The van der Waals surface area contributed by atoms with Crippen LogP contribution in [0, 0.1) is 6.92 Å². The molecule has 0 bridgehead atoms. The third kappa shape index (κ3) is 2.22. The van der Waals surface area contributed by atoms with E-state index < -0.39 is 0 Å². The summed E-state index contributed by atoms with van der Waals surface area (Å²) in [5, 5.41) is 9.02. The van der Waals surface area contributed by atoms with Crippen molar-refractivity contribution in [1.29, 1.82) is 0 Å². The second-order valence-electron chi connectivity index (χ2n) is 4.41. The van der Waals surface area contributed by atoms with E-state index in [9.17, 15) is 0 Å². The monoisotopic (exact) mass is 254 g/mol. The standard InChI is InChI=1S/C14H14N4O/c1-9-6-11-12(8-16-9)13(15)2-3-14(11)17-7-10-4-5-18-19-10/h2-6,8,17H,7,15H2,1H3. The Morgan fingerprint density at radius 2 is 2.16 bits per heavy atom. The first kappa shape index (κ1) is 11.5. The van der Waals surface area contributed by atoms with Gasteiger partial charge in [0, 0.05) is 40.1 Å². The van der Waals surface area contributed by atoms with Gasteiger partial charge in [-0.1, -0.05) is 5.16 Å². The Labute approximate surface area is 110 Å². The van der Waals surface area contributed by atoms with Crippen molar-refractivity contribution in [3.63, 3.8) is 0 Å². The van der Waals surface area contributed by atoms with Crippen molar-refractivity contribution in [1.82, 2.24) is 10.1 Å². The fraction of sp³-hybridized carbons (Fsp3) is 0.143. The number of hydrogen-bond acceptors (Lipinski definition) is 5. The van der Waals surface area contributed by atoms with Gasteiger partial charge in [0.2, 0.25) is 0 Å². The second-order valence-corrected chi connectivity index (χ2v) is 4.41. The maximum absolute atomic E-state index is 5.97. The molecule has 1 aromatic carbocycles. The number of nitrogen functional groups attached to an aromatic ring is 1. The van der Waals surface area contributed by atoms with Gasteiger partial charge in [-0.25, -0.2) is 0 Å². The van der Waals surface area contributed by atoms with Crippen molar-refractivity contribution in [2.75, 3.05) is 11.1 Å². The van der Waals surface area contributed by atoms with Crippen LogP contribution in [-0.4, -0.2) is 10.1 Å². The summed E-state index contributed by atoms with van der Waals surface area (Å²) >= 11 is 0. The number of pyridine rings is 1. The van der Waals surface area contributed by atoms with Gasteiger partial charge in [0.15, 0.2) is 5.76 Å². The van der Waals surface area contributed by atoms with Gasteiger partial charge in [-0.05, 0) is 25.1 Å². The average Bonchev–Trinajstić information content (AvgIpc) is 2.91. The predicted molar refractivity (Wildman–Crippen MR) is 74.7 cm³/mol. The quantitative estimate of drug-likeness (QED) is 0.703. The van der Waals surface area contributed by atoms with E-state index in [1.54, 1.807) is 12.4 Å². The third-order valence-corrected chi connectivity index (χ3v) is 3.02. The molecule has 0 radical (unpaired) electrons. The summed E-state index contributed by atoms with van der Waals surface area (Å²) in [6.07, 6.45) is 3.44. The molecule has 0 aliphatic rings. The van der Waals surface area contributed by atoms with Crippen LogP contribution in [0.2, 0.25) is 0 Å². The molecule has 3 rings (SSSR count). The number of nitrogens with zero attached hydrogens (tertiary/aromatic N) is 2. The molecule has 5 nitrogen and oxygen atoms in total. The van der Waals surface area contributed by atoms with Crippen molar-refractivity contribution in [2.45, 2.75) is 13.5 Å². The molecule has 0 saturated carbocycles. The van der Waals surface area contributed by atoms with Gasteiger partial charge in [-0.3, -0.25) is 4.98 Å². The summed E-state index contributed by atoms with van der Waals surface area (Å²) in [5.41, 5.74) is 8.66. The Kier molecular flexibility index (Phi) is 2.79. The van der Waals surface area contributed by atoms with E-state index in [4.69, 9.17) is 10.3 Å². The molecule has 0 aliphatic carbocycles. The van der Waals surface area contributed by atoms with Crippen molar-refractivity contribution >= 4 is 22.1 Å². The fourth-order valence-corrected chi connectivity index (χ4v) is 2.04. The lowest BCUT2D eigenvalue weighted by Crippen LogP contribution is -2.00. The fourth-order valence-electron chi connectivity index (χ4n) is 2.04. The molecule has 0 atom stereocenters. The Morgan fingerprint density at radius 1 is 1.26 bits per heavy atom. The molecule has 2 aromatic heterocycles. The smallest absolute Gasteiger partial charge is 0.155 e. The summed E-state index contributed by atoms with van der Waals surface area (Å²) in [7, 11) is 0. The van der Waals surface area contributed by atoms with Gasteiger partial charge < -0.3 is 15.6 Å². The number of fused-ring (bicyclic) bond motifs is 1. The molecule has 0 unspecified atom stereocenters. The summed E-state index contributed by atoms with van der Waals surface area (Å²) in [6, 6.07) is 7.70. The van der Waals surface area contributed by atoms with Crippen LogP contribution < -0.4 is 11.1 Å². The molecule has 0 amide bonds. The molecular formula is C14H14N4O. The second kappa shape index (κ2) is 4.61. The largest absolute Gasteiger partial charge is 0.398 e. The highest BCUT2D eigenvalue weighted by atomic mass is 16.5. The summed E-state index contributed by atoms with van der Waals surface area (Å²) in [4.78, 5) is 4.28. The van der Waals surface area contributed by atoms with Crippen LogP contribution in [0.4, 0.5) is 11.4 Å². The highest BCUT2D eigenvalue weighted by Crippen LogP contribution is 2.28. The van der Waals surface area contributed by atoms with Gasteiger partial charge in [0.05, 0.1) is 12.7 Å². The zero-order valence-electron chi connectivity index (χ0n) is 10.6. The van der Waals surface area contributed by atoms with Crippen LogP contribution in [0.3, 0.4) is 0 Å². The maximum atomic E-state index is 5.97. The zero-order chi connectivity index (χ0) is 13.2. The molecule has 0 fully saturated rings. The Balaban J connectivity index is 1.98. The molecular weight excluding hydrogens is 240 g/mol. The topological polar surface area (TPSA) is 77.0 Å². The number of anilines is 2. The number of nitrogens with two attached hydrogens (primary N) is 1. The predicted octanol–water partition coefficient (Wildman–Crippen LogP) is 2.73. The van der Waals surface area contributed by atoms with Crippen molar-refractivity contribution in [3.8, 4) is 0 Å². The molecule has 0 saturated heterocycles. The normalized spacial score (nSPS) is 10.8. The highest BCUT2D eigenvalue weighted by Gasteiger charge is 2.06. The van der Waals surface area contributed by atoms with Crippen molar-refractivity contribution < 1.29 is 4.52 Å². The number of nitrogens with one attached hydrogen (secondary N) is 1. The molecule has 19 heavy (non-hydrogen) atoms. The van der Waals surface area contributed by atoms with Crippen LogP contribution in [0.1, 0.15) is 11.5 Å². The van der Waals surface area contributed by atoms with Crippen LogP contribution >= 0.6 is 0 Å². The maximum Gasteiger partial charge on any atom is 0.155 e. The van der Waals surface area contributed by atoms with E-state index in [-0.39, 0.29) is 0 Å². The molecule has 0 aliphatic heterocycles. The van der Waals surface area contributed by atoms with Gasteiger partial charge in [-0.15, -0.1) is 0 Å². The Hall–Kier alpha value is -2.56. The van der Waals surface area contributed by atoms with E-state index in [0.717, 1.165) is 33.6 Å². The van der Waals surface area contributed by atoms with Crippen molar-refractivity contribution in [2.24, 2.45) is 0 Å². The zero-order valence-corrected chi connectivity index (χ0v) is 10.6. The summed E-state index contributed by atoms with van der Waals surface area (Å²) in [5.74, 6) is 0.788. The van der Waals surface area contributed by atoms with Gasteiger partial charge in [0.1, 0.15) is 0 Å². The van der Waals surface area contributed by atoms with E-state index in [1.807, 2.05) is 31.2 Å². The van der Waals surface area contributed by atoms with E-state index in [2.05, 4.69) is 15.5 Å². The Morgan fingerprint density at radius 3 is 2.95 bits per heavy atom. The lowest BCUT2D eigenvalue weighted by molar-refractivity contribution is 0.388. The molecule has 2 heterocycles. The molecule has 5 heteroatoms. The number of rotatable bonds is 3. The first-order chi connectivity index (χ1) is 9.24. The summed E-state index contributed by atoms with van der Waals surface area (Å²) < 4.78 is 5.07. The van der Waals surface area contributed by atoms with E-state index in [0.29, 0.717) is 6.54 Å². The number of hydrogen-bond donors (Lipinski definition) is 2. The summed E-state index contributed by atoms with van der Waals surface area (Å²) in [6.45, 7) is 2.54. The van der Waals surface area contributed by atoms with E-state index in [1.165, 1.54) is 0 Å². The van der Waals surface area contributed by atoms with Gasteiger partial charge in [-0.2, -0.15) is 0 Å². The first-order valence-corrected chi connectivity index (χ1v) is 6.02. The SMILES string of the molecule is Cc1cc2c(NCc3ccno3)ccc(N)c2cn1. The molecule has 0 spiro atoms. The van der Waals surface area contributed by atoms with Crippen LogP contribution in [-0.2, 0) is 6.54 Å². The number of aryl methyl sites for hydroxylation is 1. The molecule has 3 N–H and O–H groups in total. The van der Waals surface area contributed by atoms with Crippen molar-refractivity contribution in [3.05, 3.63) is 48.1 Å². The van der Waals surface area contributed by atoms with Crippen LogP contribution in [0.15, 0.2) is 41.2 Å². The van der Waals surface area contributed by atoms with Crippen LogP contribution in [0.25, 0.3) is 10.8 Å². The number of benzene rings is 1. The highest BCUT2D eigenvalue weighted by molar-refractivity contribution is 6.00. The van der Waals surface area contributed by atoms with E-state index >= 15 is 0 Å². The average molecular weight is 254 g/mol. The molecule has 3 aromatic rings. The number of aromatic nitrogens is 2.